The van der Waals surface area contributed by atoms with E-state index in [0.717, 1.165) is 88.1 Å². The highest BCUT2D eigenvalue weighted by Gasteiger charge is 2.47. The number of amides is 8. The van der Waals surface area contributed by atoms with E-state index in [0.29, 0.717) is 95.9 Å². The van der Waals surface area contributed by atoms with E-state index < -0.39 is 129 Å². The first-order chi connectivity index (χ1) is 66.1. The van der Waals surface area contributed by atoms with Crippen LogP contribution >= 0.6 is 34.8 Å². The molecule has 0 unspecified atom stereocenters. The molecule has 6 fully saturated rings. The van der Waals surface area contributed by atoms with Crippen LogP contribution in [0.3, 0.4) is 0 Å². The lowest BCUT2D eigenvalue weighted by Crippen LogP contribution is -2.47. The van der Waals surface area contributed by atoms with Crippen LogP contribution in [-0.4, -0.2) is 129 Å². The highest BCUT2D eigenvalue weighted by Crippen LogP contribution is 2.47. The molecule has 11 N–H and O–H groups in total. The number of hydrogen-bond donors (Lipinski definition) is 6. The summed E-state index contributed by atoms with van der Waals surface area (Å²) in [6.45, 7) is 9.63. The zero-order valence-corrected chi connectivity index (χ0v) is 81.1. The lowest BCUT2D eigenvalue weighted by atomic mass is 9.83. The zero-order valence-electron chi connectivity index (χ0n) is 78.9. The molecule has 756 valence electrons. The van der Waals surface area contributed by atoms with E-state index in [-0.39, 0.29) is 117 Å². The Bertz CT molecular complexity index is 5620. The Hall–Kier alpha value is -11.9. The summed E-state index contributed by atoms with van der Waals surface area (Å²) in [5.74, 6) is -8.48. The van der Waals surface area contributed by atoms with Crippen molar-refractivity contribution in [1.82, 2.24) is 20.9 Å². The number of carbonyl (C=O) groups is 9. The van der Waals surface area contributed by atoms with Crippen LogP contribution in [-0.2, 0) is 47.3 Å². The fourth-order valence-corrected chi connectivity index (χ4v) is 20.1. The minimum absolute atomic E-state index is 0. The van der Waals surface area contributed by atoms with Crippen LogP contribution in [0.4, 0.5) is 86.8 Å². The SMILES string of the molecule is Cc1ccc(NC(=O)[C@H]2CCCN(C(=O)c3c(C)cccc3F)[C@H]2c2ccc(N(C(=O)CCl)C3CCCC3)cc2)cc1C(F)(F)F.Cc1ccc(NC(=O)[C@H]2CCCN(C(=O)c3c(C)cccc3F)[C@H]2c2ccc(N(C(=O)CN)C3CCCC3)cc2)cc1C(F)(F)F.Cc1ccc(NC(=O)[C@H]2CCCN(C(=O)c3c(C)cccc3F)[C@H]2c2ccc(NC3CCCC3)cc2)cc1C(F)(F)F.N.O.O=C(Cl)CCl. The molecular weight excluding hydrogens is 1910 g/mol. The van der Waals surface area contributed by atoms with E-state index in [9.17, 15) is 87.1 Å². The van der Waals surface area contributed by atoms with Gasteiger partial charge in [0.2, 0.25) is 34.8 Å². The Morgan fingerprint density at radius 1 is 0.369 bits per heavy atom. The molecule has 6 aliphatic rings. The van der Waals surface area contributed by atoms with Gasteiger partial charge in [0.1, 0.15) is 23.3 Å². The third-order valence-electron chi connectivity index (χ3n) is 26.7. The van der Waals surface area contributed by atoms with Crippen LogP contribution in [0.15, 0.2) is 182 Å². The molecule has 141 heavy (non-hydrogen) atoms. The molecule has 3 aliphatic carbocycles. The van der Waals surface area contributed by atoms with Crippen molar-refractivity contribution < 1.29 is 101 Å². The summed E-state index contributed by atoms with van der Waals surface area (Å²) in [5.41, 5.74) is 8.52. The average Bonchev–Trinajstić information content (AvgIpc) is 1.24. The van der Waals surface area contributed by atoms with Gasteiger partial charge in [0, 0.05) is 71.9 Å². The van der Waals surface area contributed by atoms with Crippen LogP contribution in [0.1, 0.15) is 232 Å². The maximum atomic E-state index is 15.0. The lowest BCUT2D eigenvalue weighted by Gasteiger charge is -2.41. The number of nitrogens with zero attached hydrogens (tertiary/aromatic N) is 5. The third kappa shape index (κ3) is 27.1. The van der Waals surface area contributed by atoms with Crippen molar-refractivity contribution in [3.05, 3.63) is 283 Å². The number of hydrogen-bond acceptors (Lipinski definition) is 12. The van der Waals surface area contributed by atoms with Crippen molar-refractivity contribution in [2.75, 3.05) is 69.0 Å². The second-order valence-corrected chi connectivity index (χ2v) is 37.0. The first-order valence-corrected chi connectivity index (χ1v) is 47.9. The van der Waals surface area contributed by atoms with Gasteiger partial charge in [-0.2, -0.15) is 39.5 Å². The van der Waals surface area contributed by atoms with Crippen molar-refractivity contribution >= 4 is 121 Å². The van der Waals surface area contributed by atoms with E-state index in [4.69, 9.17) is 40.5 Å². The maximum absolute atomic E-state index is 15.0. The minimum Gasteiger partial charge on any atom is -0.412 e. The number of aryl methyl sites for hydroxylation is 6. The number of alkyl halides is 11. The van der Waals surface area contributed by atoms with Crippen molar-refractivity contribution in [2.45, 2.75) is 212 Å². The third-order valence-corrected chi connectivity index (χ3v) is 27.5. The summed E-state index contributed by atoms with van der Waals surface area (Å²) in [7, 11) is 0. The van der Waals surface area contributed by atoms with Gasteiger partial charge in [0.15, 0.2) is 0 Å². The second kappa shape index (κ2) is 49.2. The molecule has 15 rings (SSSR count). The molecule has 3 heterocycles. The summed E-state index contributed by atoms with van der Waals surface area (Å²) >= 11 is 15.5. The molecule has 0 radical (unpaired) electrons. The van der Waals surface area contributed by atoms with Crippen LogP contribution in [0.5, 0.6) is 0 Å². The largest absolute Gasteiger partial charge is 0.416 e. The van der Waals surface area contributed by atoms with E-state index >= 15 is 8.78 Å². The van der Waals surface area contributed by atoms with Gasteiger partial charge in [-0.25, -0.2) is 13.2 Å². The Labute approximate surface area is 826 Å². The molecule has 36 heteroatoms. The van der Waals surface area contributed by atoms with Gasteiger partial charge in [-0.15, -0.1) is 23.2 Å². The molecule has 9 aromatic rings. The minimum atomic E-state index is -4.60. The molecule has 3 saturated carbocycles. The topological polar surface area (TPSA) is 310 Å². The number of anilines is 6. The van der Waals surface area contributed by atoms with Gasteiger partial charge in [-0.1, -0.05) is 130 Å². The maximum Gasteiger partial charge on any atom is 0.416 e. The first kappa shape index (κ1) is 111. The van der Waals surface area contributed by atoms with Crippen LogP contribution in [0, 0.1) is 76.7 Å². The normalized spacial score (nSPS) is 18.4. The first-order valence-electron chi connectivity index (χ1n) is 46.5. The van der Waals surface area contributed by atoms with Gasteiger partial charge in [-0.05, 0) is 271 Å². The van der Waals surface area contributed by atoms with Crippen molar-refractivity contribution in [3.63, 3.8) is 0 Å². The molecule has 6 atom stereocenters. The van der Waals surface area contributed by atoms with Gasteiger partial charge >= 0.3 is 18.5 Å². The summed E-state index contributed by atoms with van der Waals surface area (Å²) in [6.07, 6.45) is 0.707. The lowest BCUT2D eigenvalue weighted by molar-refractivity contribution is -0.138. The number of halogens is 15. The van der Waals surface area contributed by atoms with Gasteiger partial charge < -0.3 is 63.1 Å². The molecule has 9 aromatic carbocycles. The van der Waals surface area contributed by atoms with Crippen LogP contribution in [0.25, 0.3) is 0 Å². The Kier molecular flexibility index (Phi) is 38.8. The molecule has 0 aromatic heterocycles. The summed E-state index contributed by atoms with van der Waals surface area (Å²) in [6, 6.07) is 43.7. The Morgan fingerprint density at radius 2 is 0.645 bits per heavy atom. The van der Waals surface area contributed by atoms with Crippen molar-refractivity contribution in [2.24, 2.45) is 23.5 Å². The number of piperidine rings is 3. The van der Waals surface area contributed by atoms with Crippen LogP contribution in [0.2, 0.25) is 0 Å². The molecule has 0 bridgehead atoms. The number of nitrogens with two attached hydrogens (primary N) is 1. The van der Waals surface area contributed by atoms with E-state index in [2.05, 4.69) is 21.3 Å². The standard InChI is InChI=1S/C35H36ClF4N3O3.C35H38F4N4O3.C33H35F4N3O2.C2H2Cl2O.H3N.H2O/c1-21-12-15-24(19-28(21)35(38,39)40)41-33(45)27-10-6-18-42(34(46)31-22(2)7-5-11-29(31)37)32(27)23-13-16-26(17-14-23)43(30(44)20-36)25-8-3-4-9-25;1-21-12-15-24(19-28(21)35(37,38)39)41-33(45)27-10-6-18-42(34(46)31-22(2)7-5-11-29(31)36)32(27)23-13-16-26(17-14-23)43(30(44)20-40)25-8-3-4-9-25;1-20-12-15-25(19-27(20)33(35,36)37)39-31(41)26-10-6-18-40(32(42)29-21(2)7-5-11-28(29)34)30(26)22-13-16-24(17-14-22)38-23-8-3-4-9-23;3-1-2(4)5;;/h5,7,11-17,19,25,27,32H,3-4,6,8-10,18,20H2,1-2H3,(H,41,45);5,7,11-17,19,25,27,32H,3-4,6,8-10,18,20,40H2,1-2H3,(H,41,45);5,7,11-17,19,23,26,30,38H,3-4,6,8-10,18H2,1-2H3,(H,39,41);1H2;1H3;1H2/t2*27-,32-;26-,30-;;;/m000.../s1. The van der Waals surface area contributed by atoms with Gasteiger partial charge in [0.25, 0.3) is 17.7 Å². The molecule has 8 amide bonds. The van der Waals surface area contributed by atoms with E-state index in [1.165, 1.54) is 121 Å². The van der Waals surface area contributed by atoms with E-state index in [1.54, 1.807) is 97.3 Å². The number of carbonyl (C=O) groups excluding carboxylic acids is 9. The fourth-order valence-electron chi connectivity index (χ4n) is 19.9. The van der Waals surface area contributed by atoms with Crippen molar-refractivity contribution in [1.29, 1.82) is 0 Å². The smallest absolute Gasteiger partial charge is 0.412 e. The van der Waals surface area contributed by atoms with Crippen LogP contribution < -0.4 is 43.0 Å². The quantitative estimate of drug-likeness (QED) is 0.0222. The highest BCUT2D eigenvalue weighted by atomic mass is 35.5. The predicted molar refractivity (Wildman–Crippen MR) is 522 cm³/mol. The fraction of sp³-hybridized carbons (Fsp3) is 0.400. The number of nitrogens with one attached hydrogen (secondary N) is 4. The molecule has 21 nitrogen and oxygen atoms in total. The predicted octanol–water partition coefficient (Wildman–Crippen LogP) is 23.5. The number of benzene rings is 9. The van der Waals surface area contributed by atoms with E-state index in [1.807, 2.05) is 24.3 Å². The number of likely N-dealkylation sites (tertiary alicyclic amines) is 3. The molecule has 0 spiro atoms. The molecular formula is C105H116Cl3F12N11O10. The Balaban J connectivity index is 0.000000211. The molecule has 3 saturated heterocycles. The summed E-state index contributed by atoms with van der Waals surface area (Å²) in [5, 5.41) is 11.0. The monoisotopic (exact) mass is 2020 g/mol. The number of rotatable bonds is 21. The highest BCUT2D eigenvalue weighted by molar-refractivity contribution is 6.67. The van der Waals surface area contributed by atoms with Gasteiger partial charge in [0.05, 0.1) is 81.7 Å². The Morgan fingerprint density at radius 3 is 0.915 bits per heavy atom. The average molecular weight is 2030 g/mol. The van der Waals surface area contributed by atoms with Crippen molar-refractivity contribution in [3.8, 4) is 0 Å². The zero-order chi connectivity index (χ0) is 101. The second-order valence-electron chi connectivity index (χ2n) is 36.1. The summed E-state index contributed by atoms with van der Waals surface area (Å²) in [4.78, 5) is 126. The summed E-state index contributed by atoms with van der Waals surface area (Å²) < 4.78 is 167. The molecule has 3 aliphatic heterocycles. The van der Waals surface area contributed by atoms with Gasteiger partial charge in [-0.3, -0.25) is 43.2 Å².